The average molecular weight is 445 g/mol. The van der Waals surface area contributed by atoms with Crippen molar-refractivity contribution in [2.75, 3.05) is 27.7 Å². The summed E-state index contributed by atoms with van der Waals surface area (Å²) in [6.07, 6.45) is 0.191. The molecule has 1 amide bonds. The van der Waals surface area contributed by atoms with Crippen LogP contribution in [0.5, 0.6) is 5.75 Å². The molecule has 0 saturated carbocycles. The highest BCUT2D eigenvalue weighted by Gasteiger charge is 2.28. The molecule has 33 heavy (non-hydrogen) atoms. The molecule has 1 aliphatic heterocycles. The second kappa shape index (κ2) is 9.88. The van der Waals surface area contributed by atoms with Crippen LogP contribution >= 0.6 is 0 Å². The highest BCUT2D eigenvalue weighted by molar-refractivity contribution is 5.97. The van der Waals surface area contributed by atoms with Crippen LogP contribution in [-0.2, 0) is 11.2 Å². The van der Waals surface area contributed by atoms with E-state index >= 15 is 0 Å². The predicted molar refractivity (Wildman–Crippen MR) is 126 cm³/mol. The maximum Gasteiger partial charge on any atom is 0.339 e. The third kappa shape index (κ3) is 5.07. The Bertz CT molecular complexity index is 1130. The van der Waals surface area contributed by atoms with Crippen LogP contribution in [0.25, 0.3) is 0 Å². The van der Waals surface area contributed by atoms with Gasteiger partial charge in [-0.2, -0.15) is 0 Å². The Hall–Kier alpha value is -3.64. The Morgan fingerprint density at radius 1 is 1.09 bits per heavy atom. The van der Waals surface area contributed by atoms with Gasteiger partial charge in [-0.05, 0) is 61.1 Å². The minimum Gasteiger partial charge on any atom is -0.497 e. The van der Waals surface area contributed by atoms with Crippen molar-refractivity contribution in [3.63, 3.8) is 0 Å². The van der Waals surface area contributed by atoms with Crippen LogP contribution in [0.2, 0.25) is 0 Å². The number of esters is 1. The number of hydrogen-bond acceptors (Lipinski definition) is 5. The van der Waals surface area contributed by atoms with Gasteiger partial charge in [0.2, 0.25) is 0 Å². The van der Waals surface area contributed by atoms with E-state index in [9.17, 15) is 9.59 Å². The molecule has 0 bridgehead atoms. The Kier molecular flexibility index (Phi) is 6.75. The van der Waals surface area contributed by atoms with Gasteiger partial charge in [-0.3, -0.25) is 4.79 Å². The summed E-state index contributed by atoms with van der Waals surface area (Å²) in [5, 5.41) is 3.04. The van der Waals surface area contributed by atoms with Gasteiger partial charge in [0.05, 0.1) is 18.7 Å². The van der Waals surface area contributed by atoms with Crippen molar-refractivity contribution in [3.8, 4) is 5.75 Å². The first kappa shape index (κ1) is 22.6. The second-order valence-corrected chi connectivity index (χ2v) is 8.34. The maximum absolute atomic E-state index is 13.0. The first-order chi connectivity index (χ1) is 16.0. The number of ether oxygens (including phenoxy) is 2. The Morgan fingerprint density at radius 2 is 1.82 bits per heavy atom. The van der Waals surface area contributed by atoms with Crippen LogP contribution in [0, 0.1) is 0 Å². The summed E-state index contributed by atoms with van der Waals surface area (Å²) < 4.78 is 10.9. The Labute approximate surface area is 194 Å². The molecule has 0 aliphatic carbocycles. The molecule has 0 unspecified atom stereocenters. The molecule has 3 aromatic rings. The van der Waals surface area contributed by atoms with Crippen molar-refractivity contribution < 1.29 is 19.1 Å². The molecule has 4 rings (SSSR count). The largest absolute Gasteiger partial charge is 0.497 e. The van der Waals surface area contributed by atoms with E-state index in [2.05, 4.69) is 10.2 Å². The van der Waals surface area contributed by atoms with Gasteiger partial charge in [0.15, 0.2) is 0 Å². The van der Waals surface area contributed by atoms with Gasteiger partial charge in [-0.15, -0.1) is 0 Å². The Balaban J connectivity index is 1.48. The van der Waals surface area contributed by atoms with Crippen molar-refractivity contribution in [1.82, 2.24) is 10.2 Å². The number of methoxy groups -OCH3 is 1. The normalized spacial score (nSPS) is 16.0. The summed E-state index contributed by atoms with van der Waals surface area (Å²) in [5.74, 6) is 0.263. The van der Waals surface area contributed by atoms with Crippen molar-refractivity contribution in [3.05, 3.63) is 101 Å². The summed E-state index contributed by atoms with van der Waals surface area (Å²) >= 11 is 0. The monoisotopic (exact) mass is 444 g/mol. The van der Waals surface area contributed by atoms with Gasteiger partial charge in [-0.25, -0.2) is 4.79 Å². The first-order valence-corrected chi connectivity index (χ1v) is 10.9. The lowest BCUT2D eigenvalue weighted by molar-refractivity contribution is 0.0252. The molecule has 0 aromatic heterocycles. The van der Waals surface area contributed by atoms with Crippen LogP contribution in [-0.4, -0.2) is 44.5 Å². The van der Waals surface area contributed by atoms with Crippen molar-refractivity contribution in [2.45, 2.75) is 18.6 Å². The van der Waals surface area contributed by atoms with Crippen molar-refractivity contribution >= 4 is 11.9 Å². The molecular weight excluding hydrogens is 416 g/mol. The van der Waals surface area contributed by atoms with Gasteiger partial charge in [-0.1, -0.05) is 42.5 Å². The van der Waals surface area contributed by atoms with Gasteiger partial charge in [0.1, 0.15) is 11.9 Å². The van der Waals surface area contributed by atoms with Crippen molar-refractivity contribution in [2.24, 2.45) is 0 Å². The number of carbonyl (C=O) groups is 2. The van der Waals surface area contributed by atoms with E-state index in [0.717, 1.165) is 22.4 Å². The third-order valence-electron chi connectivity index (χ3n) is 5.99. The smallest absolute Gasteiger partial charge is 0.339 e. The average Bonchev–Trinajstić information content (AvgIpc) is 2.84. The quantitative estimate of drug-likeness (QED) is 0.554. The van der Waals surface area contributed by atoms with E-state index in [4.69, 9.17) is 9.47 Å². The molecule has 0 spiro atoms. The fourth-order valence-corrected chi connectivity index (χ4v) is 4.11. The number of likely N-dealkylation sites (N-methyl/N-ethyl adjacent to an activating group) is 1. The first-order valence-electron chi connectivity index (χ1n) is 10.9. The summed E-state index contributed by atoms with van der Waals surface area (Å²) in [7, 11) is 5.60. The van der Waals surface area contributed by atoms with E-state index in [1.54, 1.807) is 25.3 Å². The molecule has 6 heteroatoms. The third-order valence-corrected chi connectivity index (χ3v) is 5.99. The molecule has 1 N–H and O–H groups in total. The van der Waals surface area contributed by atoms with Crippen LogP contribution in [0.3, 0.4) is 0 Å². The van der Waals surface area contributed by atoms with Crippen LogP contribution in [0.4, 0.5) is 0 Å². The van der Waals surface area contributed by atoms with E-state index in [1.807, 2.05) is 68.7 Å². The minimum absolute atomic E-state index is 0.00919. The fraction of sp³-hybridized carbons (Fsp3) is 0.259. The molecule has 1 heterocycles. The standard InChI is InChI=1S/C27H28N2O4/c1-29(2)24(18-9-12-22(32-3)13-10-18)17-28-26(30)20-11-14-23-21(15-20)16-25(33-27(23)31)19-7-5-4-6-8-19/h4-15,24-25H,16-17H2,1-3H3,(H,28,30)/t24-,25-/m0/s1. The summed E-state index contributed by atoms with van der Waals surface area (Å²) in [4.78, 5) is 27.5. The summed E-state index contributed by atoms with van der Waals surface area (Å²) in [6, 6.07) is 22.7. The molecular formula is C27H28N2O4. The zero-order chi connectivity index (χ0) is 23.4. The molecule has 2 atom stereocenters. The number of fused-ring (bicyclic) bond motifs is 1. The SMILES string of the molecule is COc1ccc([C@H](CNC(=O)c2ccc3c(c2)C[C@@H](c2ccccc2)OC3=O)N(C)C)cc1. The molecule has 0 fully saturated rings. The number of carbonyl (C=O) groups excluding carboxylic acids is 2. The second-order valence-electron chi connectivity index (χ2n) is 8.34. The number of amides is 1. The van der Waals surface area contributed by atoms with Crippen LogP contribution < -0.4 is 10.1 Å². The molecule has 0 saturated heterocycles. The maximum atomic E-state index is 13.0. The Morgan fingerprint density at radius 3 is 2.48 bits per heavy atom. The lowest BCUT2D eigenvalue weighted by Crippen LogP contribution is -2.34. The van der Waals surface area contributed by atoms with E-state index < -0.39 is 0 Å². The number of hydrogen-bond donors (Lipinski definition) is 1. The topological polar surface area (TPSA) is 67.9 Å². The zero-order valence-electron chi connectivity index (χ0n) is 19.1. The molecule has 0 radical (unpaired) electrons. The number of rotatable bonds is 7. The zero-order valence-corrected chi connectivity index (χ0v) is 19.1. The van der Waals surface area contributed by atoms with Crippen LogP contribution in [0.1, 0.15) is 49.6 Å². The highest BCUT2D eigenvalue weighted by atomic mass is 16.5. The number of nitrogens with zero attached hydrogens (tertiary/aromatic N) is 1. The van der Waals surface area contributed by atoms with Crippen molar-refractivity contribution in [1.29, 1.82) is 0 Å². The summed E-state index contributed by atoms with van der Waals surface area (Å²) in [5.41, 5.74) is 3.90. The number of cyclic esters (lactones) is 1. The predicted octanol–water partition coefficient (Wildman–Crippen LogP) is 4.18. The molecule has 1 aliphatic rings. The lowest BCUT2D eigenvalue weighted by Gasteiger charge is -2.26. The molecule has 3 aromatic carbocycles. The van der Waals surface area contributed by atoms with Gasteiger partial charge < -0.3 is 19.7 Å². The van der Waals surface area contributed by atoms with Gasteiger partial charge in [0, 0.05) is 18.5 Å². The minimum atomic E-state index is -0.357. The van der Waals surface area contributed by atoms with Crippen LogP contribution in [0.15, 0.2) is 72.8 Å². The number of benzene rings is 3. The summed E-state index contributed by atoms with van der Waals surface area (Å²) in [6.45, 7) is 0.448. The highest BCUT2D eigenvalue weighted by Crippen LogP contribution is 2.31. The van der Waals surface area contributed by atoms with E-state index in [0.29, 0.717) is 24.1 Å². The van der Waals surface area contributed by atoms with E-state index in [-0.39, 0.29) is 24.0 Å². The van der Waals surface area contributed by atoms with Gasteiger partial charge in [0.25, 0.3) is 5.91 Å². The molecule has 170 valence electrons. The fourth-order valence-electron chi connectivity index (χ4n) is 4.11. The molecule has 6 nitrogen and oxygen atoms in total. The van der Waals surface area contributed by atoms with Gasteiger partial charge >= 0.3 is 5.97 Å². The lowest BCUT2D eigenvalue weighted by atomic mass is 9.93. The van der Waals surface area contributed by atoms with E-state index in [1.165, 1.54) is 0 Å². The number of nitrogens with one attached hydrogen (secondary N) is 1.